The van der Waals surface area contributed by atoms with E-state index in [-0.39, 0.29) is 29.4 Å². The van der Waals surface area contributed by atoms with Crippen LogP contribution in [0.2, 0.25) is 0 Å². The van der Waals surface area contributed by atoms with Gasteiger partial charge in [0.15, 0.2) is 12.0 Å². The summed E-state index contributed by atoms with van der Waals surface area (Å²) in [6, 6.07) is 5.66. The van der Waals surface area contributed by atoms with Gasteiger partial charge in [0.25, 0.3) is 11.5 Å². The van der Waals surface area contributed by atoms with Crippen LogP contribution in [0.25, 0.3) is 11.0 Å². The Bertz CT molecular complexity index is 1160. The summed E-state index contributed by atoms with van der Waals surface area (Å²) < 4.78 is 42.4. The number of nitrogens with zero attached hydrogens (tertiary/aromatic N) is 2. The normalized spacial score (nSPS) is 15.1. The summed E-state index contributed by atoms with van der Waals surface area (Å²) in [6.07, 6.45) is 1.74. The summed E-state index contributed by atoms with van der Waals surface area (Å²) in [5, 5.41) is 12.9. The van der Waals surface area contributed by atoms with Gasteiger partial charge in [-0.1, -0.05) is 12.1 Å². The van der Waals surface area contributed by atoms with Crippen molar-refractivity contribution in [1.29, 1.82) is 0 Å². The zero-order valence-electron chi connectivity index (χ0n) is 14.4. The van der Waals surface area contributed by atoms with Gasteiger partial charge in [-0.05, 0) is 17.7 Å². The molecule has 0 radical (unpaired) electrons. The number of carbonyl (C=O) groups is 1. The average Bonchev–Trinajstić information content (AvgIpc) is 2.80. The van der Waals surface area contributed by atoms with Crippen molar-refractivity contribution in [3.63, 3.8) is 0 Å². The molecule has 9 heteroatoms. The minimum absolute atomic E-state index is 0.00452. The van der Waals surface area contributed by atoms with Gasteiger partial charge in [0, 0.05) is 18.2 Å². The van der Waals surface area contributed by atoms with Gasteiger partial charge in [0.1, 0.15) is 16.9 Å². The number of carbonyl (C=O) groups excluding carboxylic acids is 1. The highest BCUT2D eigenvalue weighted by Crippen LogP contribution is 2.36. The fraction of sp³-hybridized carbons (Fsp3) is 0.211. The highest BCUT2D eigenvalue weighted by molar-refractivity contribution is 5.98. The lowest BCUT2D eigenvalue weighted by atomic mass is 10.0. The molecule has 2 N–H and O–H groups in total. The van der Waals surface area contributed by atoms with Crippen molar-refractivity contribution in [2.75, 3.05) is 11.9 Å². The summed E-state index contributed by atoms with van der Waals surface area (Å²) in [4.78, 5) is 27.9. The van der Waals surface area contributed by atoms with E-state index < -0.39 is 41.7 Å². The van der Waals surface area contributed by atoms with E-state index in [9.17, 15) is 27.9 Å². The van der Waals surface area contributed by atoms with Gasteiger partial charge >= 0.3 is 0 Å². The summed E-state index contributed by atoms with van der Waals surface area (Å²) in [5.41, 5.74) is -0.325. The lowest BCUT2D eigenvalue weighted by Crippen LogP contribution is -2.35. The standard InChI is InChI=1S/C19H14F3N3O3/c20-12-3-1-10(2-4-12)5-11-6-23-15-16-14(11)24-8-19(21,22)9-25(16)18(28)13(7-26)17(15)27/h1-4,6-7,24,27H,5,8-9H2. The fourth-order valence-electron chi connectivity index (χ4n) is 3.37. The number of halogens is 3. The van der Waals surface area contributed by atoms with Gasteiger partial charge in [-0.15, -0.1) is 0 Å². The number of nitrogens with one attached hydrogen (secondary N) is 1. The van der Waals surface area contributed by atoms with Crippen LogP contribution in [0.3, 0.4) is 0 Å². The molecule has 6 nitrogen and oxygen atoms in total. The number of anilines is 1. The van der Waals surface area contributed by atoms with Crippen molar-refractivity contribution in [1.82, 2.24) is 9.55 Å². The summed E-state index contributed by atoms with van der Waals surface area (Å²) in [5.74, 6) is -4.32. The first-order valence-electron chi connectivity index (χ1n) is 8.39. The third kappa shape index (κ3) is 2.88. The Morgan fingerprint density at radius 1 is 1.29 bits per heavy atom. The Labute approximate surface area is 156 Å². The Balaban J connectivity index is 1.99. The first-order chi connectivity index (χ1) is 13.3. The number of benzene rings is 1. The Morgan fingerprint density at radius 2 is 2.00 bits per heavy atom. The molecule has 0 saturated carbocycles. The molecule has 1 aromatic carbocycles. The topological polar surface area (TPSA) is 84.2 Å². The van der Waals surface area contributed by atoms with Crippen molar-refractivity contribution < 1.29 is 23.1 Å². The van der Waals surface area contributed by atoms with E-state index in [1.54, 1.807) is 12.1 Å². The van der Waals surface area contributed by atoms with Crippen LogP contribution in [0, 0.1) is 5.82 Å². The molecule has 0 aliphatic carbocycles. The van der Waals surface area contributed by atoms with E-state index in [1.807, 2.05) is 0 Å². The molecule has 0 saturated heterocycles. The third-order valence-corrected chi connectivity index (χ3v) is 4.70. The minimum Gasteiger partial charge on any atom is -0.505 e. The largest absolute Gasteiger partial charge is 0.505 e. The second kappa shape index (κ2) is 6.36. The second-order valence-electron chi connectivity index (χ2n) is 6.64. The molecule has 1 aliphatic rings. The molecule has 3 aromatic rings. The maximum absolute atomic E-state index is 14.2. The summed E-state index contributed by atoms with van der Waals surface area (Å²) in [6.45, 7) is -1.69. The first-order valence-corrected chi connectivity index (χ1v) is 8.39. The van der Waals surface area contributed by atoms with Gasteiger partial charge < -0.3 is 10.4 Å². The number of alkyl halides is 2. The molecule has 4 rings (SSSR count). The quantitative estimate of drug-likeness (QED) is 0.673. The monoisotopic (exact) mass is 389 g/mol. The summed E-state index contributed by atoms with van der Waals surface area (Å²) in [7, 11) is 0. The Kier molecular flexibility index (Phi) is 4.10. The molecule has 1 aliphatic heterocycles. The fourth-order valence-corrected chi connectivity index (χ4v) is 3.37. The number of hydrogen-bond donors (Lipinski definition) is 2. The zero-order valence-corrected chi connectivity index (χ0v) is 14.4. The lowest BCUT2D eigenvalue weighted by molar-refractivity contribution is -0.000905. The predicted octanol–water partition coefficient (Wildman–Crippen LogP) is 2.71. The number of aromatic hydroxyl groups is 1. The molecule has 0 fully saturated rings. The van der Waals surface area contributed by atoms with Crippen LogP contribution >= 0.6 is 0 Å². The van der Waals surface area contributed by atoms with E-state index in [1.165, 1.54) is 18.3 Å². The van der Waals surface area contributed by atoms with Gasteiger partial charge in [0.2, 0.25) is 0 Å². The van der Waals surface area contributed by atoms with Crippen molar-refractivity contribution >= 4 is 23.0 Å². The van der Waals surface area contributed by atoms with E-state index in [0.29, 0.717) is 11.1 Å². The van der Waals surface area contributed by atoms with Gasteiger partial charge in [-0.25, -0.2) is 13.2 Å². The Morgan fingerprint density at radius 3 is 2.68 bits per heavy atom. The average molecular weight is 389 g/mol. The number of rotatable bonds is 3. The molecular formula is C19H14F3N3O3. The lowest BCUT2D eigenvalue weighted by Gasteiger charge is -2.16. The van der Waals surface area contributed by atoms with Crippen LogP contribution < -0.4 is 10.9 Å². The smallest absolute Gasteiger partial charge is 0.282 e. The highest BCUT2D eigenvalue weighted by atomic mass is 19.3. The number of hydrogen-bond acceptors (Lipinski definition) is 5. The van der Waals surface area contributed by atoms with Gasteiger partial charge in [-0.2, -0.15) is 0 Å². The van der Waals surface area contributed by atoms with Gasteiger partial charge in [-0.3, -0.25) is 19.1 Å². The van der Waals surface area contributed by atoms with E-state index in [4.69, 9.17) is 0 Å². The molecule has 28 heavy (non-hydrogen) atoms. The van der Waals surface area contributed by atoms with Crippen molar-refractivity contribution in [2.24, 2.45) is 0 Å². The first kappa shape index (κ1) is 18.0. The molecule has 0 spiro atoms. The summed E-state index contributed by atoms with van der Waals surface area (Å²) >= 11 is 0. The molecule has 0 atom stereocenters. The minimum atomic E-state index is -3.26. The van der Waals surface area contributed by atoms with Crippen LogP contribution in [0.5, 0.6) is 5.75 Å². The number of aldehydes is 1. The Hall–Kier alpha value is -3.36. The number of aromatic nitrogens is 2. The van der Waals surface area contributed by atoms with E-state index in [0.717, 1.165) is 4.57 Å². The van der Waals surface area contributed by atoms with Crippen LogP contribution in [0.15, 0.2) is 35.3 Å². The third-order valence-electron chi connectivity index (χ3n) is 4.70. The van der Waals surface area contributed by atoms with Crippen LogP contribution in [0.1, 0.15) is 21.5 Å². The molecule has 0 unspecified atom stereocenters. The van der Waals surface area contributed by atoms with Crippen molar-refractivity contribution in [3.05, 3.63) is 63.3 Å². The van der Waals surface area contributed by atoms with Crippen molar-refractivity contribution in [2.45, 2.75) is 18.9 Å². The van der Waals surface area contributed by atoms with E-state index >= 15 is 0 Å². The van der Waals surface area contributed by atoms with Crippen LogP contribution in [0.4, 0.5) is 18.9 Å². The molecular weight excluding hydrogens is 375 g/mol. The van der Waals surface area contributed by atoms with Crippen molar-refractivity contribution in [3.8, 4) is 5.75 Å². The zero-order chi connectivity index (χ0) is 20.1. The molecule has 3 heterocycles. The molecule has 0 bridgehead atoms. The number of pyridine rings is 2. The van der Waals surface area contributed by atoms with E-state index in [2.05, 4.69) is 10.3 Å². The van der Waals surface area contributed by atoms with Gasteiger partial charge in [0.05, 0.1) is 24.3 Å². The maximum atomic E-state index is 14.2. The SMILES string of the molecule is O=Cc1c(O)c2ncc(Cc3ccc(F)cc3)c3c2n(c1=O)CC(F)(F)CN3. The molecule has 144 valence electrons. The molecule has 2 aromatic heterocycles. The van der Waals surface area contributed by atoms with Crippen LogP contribution in [-0.4, -0.2) is 33.4 Å². The second-order valence-corrected chi connectivity index (χ2v) is 6.64. The molecule has 0 amide bonds. The highest BCUT2D eigenvalue weighted by Gasteiger charge is 2.36. The predicted molar refractivity (Wildman–Crippen MR) is 95.7 cm³/mol. The van der Waals surface area contributed by atoms with Crippen LogP contribution in [-0.2, 0) is 13.0 Å². The maximum Gasteiger partial charge on any atom is 0.282 e.